The topological polar surface area (TPSA) is 55.1 Å². The molecule has 3 rings (SSSR count). The molecule has 3 N–H and O–H groups in total. The van der Waals surface area contributed by atoms with Gasteiger partial charge in [0.15, 0.2) is 0 Å². The van der Waals surface area contributed by atoms with Gasteiger partial charge in [0.1, 0.15) is 0 Å². The van der Waals surface area contributed by atoms with Crippen molar-refractivity contribution in [3.8, 4) is 0 Å². The van der Waals surface area contributed by atoms with E-state index in [0.717, 1.165) is 23.6 Å². The van der Waals surface area contributed by atoms with Crippen molar-refractivity contribution >= 4 is 28.8 Å². The minimum Gasteiger partial charge on any atom is -0.353 e. The highest BCUT2D eigenvalue weighted by Gasteiger charge is 2.39. The molecule has 3 nitrogen and oxygen atoms in total. The Balaban J connectivity index is 1.52. The summed E-state index contributed by atoms with van der Waals surface area (Å²) in [5.74, 6) is 1.36. The summed E-state index contributed by atoms with van der Waals surface area (Å²) in [6.45, 7) is 0. The summed E-state index contributed by atoms with van der Waals surface area (Å²) in [6.07, 6.45) is 7.21. The number of hydrogen-bond donors (Lipinski definition) is 2. The normalized spacial score (nSPS) is 31.9. The summed E-state index contributed by atoms with van der Waals surface area (Å²) in [4.78, 5) is 13.4. The third-order valence-electron chi connectivity index (χ3n) is 4.93. The number of carbonyl (C=O) groups excluding carboxylic acids is 1. The maximum absolute atomic E-state index is 12.2. The van der Waals surface area contributed by atoms with Crippen LogP contribution in [0.2, 0.25) is 4.34 Å². The zero-order valence-electron chi connectivity index (χ0n) is 12.2. The van der Waals surface area contributed by atoms with Gasteiger partial charge in [0.25, 0.3) is 0 Å². The van der Waals surface area contributed by atoms with Gasteiger partial charge in [-0.05, 0) is 56.1 Å². The second-order valence-electron chi connectivity index (χ2n) is 6.48. The highest BCUT2D eigenvalue weighted by atomic mass is 35.5. The molecule has 0 aromatic carbocycles. The molecule has 2 fully saturated rings. The molecule has 0 saturated heterocycles. The van der Waals surface area contributed by atoms with E-state index in [2.05, 4.69) is 5.32 Å². The van der Waals surface area contributed by atoms with Crippen molar-refractivity contribution < 1.29 is 4.79 Å². The van der Waals surface area contributed by atoms with Gasteiger partial charge in [-0.2, -0.15) is 0 Å². The molecule has 5 heteroatoms. The van der Waals surface area contributed by atoms with Crippen LogP contribution in [0, 0.1) is 11.8 Å². The van der Waals surface area contributed by atoms with Crippen LogP contribution in [0.1, 0.15) is 43.4 Å². The van der Waals surface area contributed by atoms with Crippen molar-refractivity contribution in [2.24, 2.45) is 17.6 Å². The van der Waals surface area contributed by atoms with E-state index < -0.39 is 0 Å². The molecule has 2 aliphatic carbocycles. The molecule has 2 aliphatic rings. The van der Waals surface area contributed by atoms with Crippen molar-refractivity contribution in [2.45, 2.75) is 57.0 Å². The van der Waals surface area contributed by atoms with Crippen LogP contribution in [-0.4, -0.2) is 18.0 Å². The summed E-state index contributed by atoms with van der Waals surface area (Å²) in [5.41, 5.74) is 6.13. The lowest BCUT2D eigenvalue weighted by atomic mass is 9.67. The number of aryl methyl sites for hydroxylation is 1. The van der Waals surface area contributed by atoms with Gasteiger partial charge >= 0.3 is 0 Å². The Morgan fingerprint density at radius 3 is 2.67 bits per heavy atom. The van der Waals surface area contributed by atoms with E-state index in [0.29, 0.717) is 30.3 Å². The lowest BCUT2D eigenvalue weighted by Gasteiger charge is -2.45. The third-order valence-corrected chi connectivity index (χ3v) is 6.22. The minimum absolute atomic E-state index is 0.178. The Labute approximate surface area is 135 Å². The highest BCUT2D eigenvalue weighted by Crippen LogP contribution is 2.39. The predicted molar refractivity (Wildman–Crippen MR) is 87.6 cm³/mol. The number of thiophene rings is 1. The number of nitrogens with one attached hydrogen (secondary N) is 1. The van der Waals surface area contributed by atoms with Gasteiger partial charge in [-0.15, -0.1) is 11.3 Å². The lowest BCUT2D eigenvalue weighted by Crippen LogP contribution is -2.53. The van der Waals surface area contributed by atoms with Gasteiger partial charge < -0.3 is 11.1 Å². The SMILES string of the molecule is NC1CC2CCCC(C1)C2NC(=O)CCc1ccc(Cl)s1. The third kappa shape index (κ3) is 3.79. The Bertz CT molecular complexity index is 490. The number of amides is 1. The molecule has 116 valence electrons. The maximum atomic E-state index is 12.2. The van der Waals surface area contributed by atoms with Crippen LogP contribution in [0.25, 0.3) is 0 Å². The van der Waals surface area contributed by atoms with Gasteiger partial charge in [0, 0.05) is 23.4 Å². The molecule has 0 radical (unpaired) electrons. The maximum Gasteiger partial charge on any atom is 0.220 e. The molecule has 1 heterocycles. The first-order valence-corrected chi connectivity index (χ1v) is 9.10. The molecule has 2 atom stereocenters. The van der Waals surface area contributed by atoms with Gasteiger partial charge in [0.05, 0.1) is 4.34 Å². The van der Waals surface area contributed by atoms with E-state index in [4.69, 9.17) is 17.3 Å². The van der Waals surface area contributed by atoms with E-state index in [9.17, 15) is 4.79 Å². The number of carbonyl (C=O) groups is 1. The monoisotopic (exact) mass is 326 g/mol. The van der Waals surface area contributed by atoms with E-state index in [-0.39, 0.29) is 5.91 Å². The second kappa shape index (κ2) is 6.67. The van der Waals surface area contributed by atoms with E-state index >= 15 is 0 Å². The number of hydrogen-bond acceptors (Lipinski definition) is 3. The van der Waals surface area contributed by atoms with Crippen molar-refractivity contribution in [1.82, 2.24) is 5.32 Å². The fourth-order valence-electron chi connectivity index (χ4n) is 4.01. The van der Waals surface area contributed by atoms with Gasteiger partial charge in [0.2, 0.25) is 5.91 Å². The fraction of sp³-hybridized carbons (Fsp3) is 0.688. The van der Waals surface area contributed by atoms with Gasteiger partial charge in [-0.3, -0.25) is 4.79 Å². The lowest BCUT2D eigenvalue weighted by molar-refractivity contribution is -0.123. The van der Waals surface area contributed by atoms with E-state index in [1.54, 1.807) is 11.3 Å². The number of rotatable bonds is 4. The van der Waals surface area contributed by atoms with Gasteiger partial charge in [-0.25, -0.2) is 0 Å². The Hall–Kier alpha value is -0.580. The summed E-state index contributed by atoms with van der Waals surface area (Å²) < 4.78 is 0.793. The molecule has 1 amide bonds. The zero-order valence-corrected chi connectivity index (χ0v) is 13.8. The first kappa shape index (κ1) is 15.3. The first-order valence-electron chi connectivity index (χ1n) is 7.91. The largest absolute Gasteiger partial charge is 0.353 e. The summed E-state index contributed by atoms with van der Waals surface area (Å²) in [5, 5.41) is 3.30. The summed E-state index contributed by atoms with van der Waals surface area (Å²) in [6, 6.07) is 4.60. The molecule has 21 heavy (non-hydrogen) atoms. The fourth-order valence-corrected chi connectivity index (χ4v) is 5.09. The predicted octanol–water partition coefficient (Wildman–Crippen LogP) is 3.36. The van der Waals surface area contributed by atoms with Crippen molar-refractivity contribution in [3.05, 3.63) is 21.3 Å². The van der Waals surface area contributed by atoms with Crippen molar-refractivity contribution in [1.29, 1.82) is 0 Å². The average Bonchev–Trinajstić information content (AvgIpc) is 2.83. The van der Waals surface area contributed by atoms with Crippen LogP contribution >= 0.6 is 22.9 Å². The minimum atomic E-state index is 0.178. The molecule has 2 bridgehead atoms. The summed E-state index contributed by atoms with van der Waals surface area (Å²) in [7, 11) is 0. The Kier molecular flexibility index (Phi) is 4.87. The molecule has 0 aliphatic heterocycles. The smallest absolute Gasteiger partial charge is 0.220 e. The standard InChI is InChI=1S/C16H23ClN2OS/c17-14-6-4-13(21-14)5-7-15(20)19-16-10-2-1-3-11(16)9-12(18)8-10/h4,6,10-12,16H,1-3,5,7-9,18H2,(H,19,20). The number of halogens is 1. The molecule has 1 aromatic heterocycles. The average molecular weight is 327 g/mol. The van der Waals surface area contributed by atoms with Gasteiger partial charge in [-0.1, -0.05) is 18.0 Å². The highest BCUT2D eigenvalue weighted by molar-refractivity contribution is 7.16. The quantitative estimate of drug-likeness (QED) is 0.891. The first-order chi connectivity index (χ1) is 10.1. The van der Waals surface area contributed by atoms with Crippen LogP contribution < -0.4 is 11.1 Å². The van der Waals surface area contributed by atoms with Crippen LogP contribution in [0.4, 0.5) is 0 Å². The van der Waals surface area contributed by atoms with Crippen LogP contribution in [-0.2, 0) is 11.2 Å². The van der Waals surface area contributed by atoms with Crippen LogP contribution in [0.15, 0.2) is 12.1 Å². The van der Waals surface area contributed by atoms with Crippen LogP contribution in [0.5, 0.6) is 0 Å². The molecule has 1 aromatic rings. The molecule has 2 unspecified atom stereocenters. The Morgan fingerprint density at radius 2 is 2.05 bits per heavy atom. The Morgan fingerprint density at radius 1 is 1.33 bits per heavy atom. The van der Waals surface area contributed by atoms with E-state index in [1.807, 2.05) is 12.1 Å². The number of fused-ring (bicyclic) bond motifs is 2. The zero-order chi connectivity index (χ0) is 14.8. The van der Waals surface area contributed by atoms with Crippen LogP contribution in [0.3, 0.4) is 0 Å². The second-order valence-corrected chi connectivity index (χ2v) is 8.28. The number of nitrogens with two attached hydrogens (primary N) is 1. The van der Waals surface area contributed by atoms with E-state index in [1.165, 1.54) is 24.1 Å². The molecule has 0 spiro atoms. The molecular formula is C16H23ClN2OS. The molecular weight excluding hydrogens is 304 g/mol. The van der Waals surface area contributed by atoms with Crippen molar-refractivity contribution in [2.75, 3.05) is 0 Å². The molecule has 2 saturated carbocycles. The van der Waals surface area contributed by atoms with Crippen molar-refractivity contribution in [3.63, 3.8) is 0 Å². The summed E-state index contributed by atoms with van der Waals surface area (Å²) >= 11 is 7.48.